The number of aromatic nitrogens is 2. The second kappa shape index (κ2) is 8.93. The molecule has 3 aromatic rings. The van der Waals surface area contributed by atoms with Gasteiger partial charge in [-0.25, -0.2) is 8.42 Å². The fraction of sp³-hybridized carbons (Fsp3) is 0.304. The fourth-order valence-corrected chi connectivity index (χ4v) is 5.06. The van der Waals surface area contributed by atoms with Crippen LogP contribution in [0, 0.1) is 12.8 Å². The summed E-state index contributed by atoms with van der Waals surface area (Å²) in [6, 6.07) is 17.4. The Bertz CT molecular complexity index is 1120. The van der Waals surface area contributed by atoms with Crippen LogP contribution >= 0.6 is 0 Å². The summed E-state index contributed by atoms with van der Waals surface area (Å²) in [7, 11) is -3.46. The molecule has 4 rings (SSSR count). The van der Waals surface area contributed by atoms with E-state index in [-0.39, 0.29) is 5.92 Å². The molecule has 1 atom stereocenters. The van der Waals surface area contributed by atoms with Crippen molar-refractivity contribution in [2.24, 2.45) is 5.92 Å². The molecule has 2 aromatic carbocycles. The monoisotopic (exact) mass is 423 g/mol. The second-order valence-corrected chi connectivity index (χ2v) is 9.47. The van der Waals surface area contributed by atoms with Crippen LogP contribution in [0.2, 0.25) is 0 Å². The van der Waals surface area contributed by atoms with Crippen LogP contribution in [0.15, 0.2) is 64.5 Å². The van der Waals surface area contributed by atoms with Gasteiger partial charge in [0.25, 0.3) is 0 Å². The number of hydrogen-bond donors (Lipinski definition) is 0. The molecule has 0 amide bonds. The van der Waals surface area contributed by atoms with Gasteiger partial charge in [-0.3, -0.25) is 0 Å². The van der Waals surface area contributed by atoms with Crippen LogP contribution in [-0.2, 0) is 16.4 Å². The number of sulfonamides is 1. The Labute approximate surface area is 177 Å². The fourth-order valence-electron chi connectivity index (χ4n) is 3.76. The average molecular weight is 424 g/mol. The van der Waals surface area contributed by atoms with Crippen molar-refractivity contribution < 1.29 is 12.9 Å². The number of nitrogens with zero attached hydrogens (tertiary/aromatic N) is 3. The summed E-state index contributed by atoms with van der Waals surface area (Å²) in [5.41, 5.74) is 2.90. The van der Waals surface area contributed by atoms with Crippen molar-refractivity contribution in [1.29, 1.82) is 0 Å². The topological polar surface area (TPSA) is 76.3 Å². The molecule has 30 heavy (non-hydrogen) atoms. The molecule has 1 aliphatic rings. The number of piperidine rings is 1. The summed E-state index contributed by atoms with van der Waals surface area (Å²) in [4.78, 5) is 4.54. The van der Waals surface area contributed by atoms with Gasteiger partial charge in [-0.05, 0) is 42.9 Å². The minimum Gasteiger partial charge on any atom is -0.339 e. The lowest BCUT2D eigenvalue weighted by atomic mass is 9.96. The van der Waals surface area contributed by atoms with Crippen LogP contribution in [0.5, 0.6) is 0 Å². The van der Waals surface area contributed by atoms with Gasteiger partial charge in [-0.1, -0.05) is 59.8 Å². The Hall–Kier alpha value is -2.77. The van der Waals surface area contributed by atoms with Crippen molar-refractivity contribution in [3.05, 3.63) is 77.0 Å². The van der Waals surface area contributed by atoms with Crippen molar-refractivity contribution in [2.45, 2.75) is 26.2 Å². The summed E-state index contributed by atoms with van der Waals surface area (Å²) in [5.74, 6) is 1.29. The van der Waals surface area contributed by atoms with Gasteiger partial charge in [0.1, 0.15) is 0 Å². The SMILES string of the molecule is Cc1ccccc1-c1noc(C[C@@H]2CCCN(S(=O)(=O)/C=C/c3ccccc3)C2)n1. The third-order valence-electron chi connectivity index (χ3n) is 5.39. The summed E-state index contributed by atoms with van der Waals surface area (Å²) in [6.45, 7) is 3.01. The lowest BCUT2D eigenvalue weighted by molar-refractivity contribution is 0.248. The van der Waals surface area contributed by atoms with Crippen LogP contribution < -0.4 is 0 Å². The number of aryl methyl sites for hydroxylation is 1. The van der Waals surface area contributed by atoms with Crippen molar-refractivity contribution in [2.75, 3.05) is 13.1 Å². The highest BCUT2D eigenvalue weighted by molar-refractivity contribution is 7.92. The van der Waals surface area contributed by atoms with Crippen molar-refractivity contribution >= 4 is 16.1 Å². The number of rotatable bonds is 6. The maximum absolute atomic E-state index is 12.8. The first kappa shape index (κ1) is 20.5. The van der Waals surface area contributed by atoms with E-state index in [1.165, 1.54) is 5.41 Å². The standard InChI is InChI=1S/C23H25N3O3S/c1-18-8-5-6-12-21(18)23-24-22(29-25-23)16-20-11-7-14-26(17-20)30(27,28)15-13-19-9-3-2-4-10-19/h2-6,8-10,12-13,15,20H,7,11,14,16-17H2,1H3/b15-13+/t20-/m0/s1. The van der Waals surface area contributed by atoms with E-state index < -0.39 is 10.0 Å². The highest BCUT2D eigenvalue weighted by Crippen LogP contribution is 2.25. The maximum Gasteiger partial charge on any atom is 0.236 e. The summed E-state index contributed by atoms with van der Waals surface area (Å²) >= 11 is 0. The molecular weight excluding hydrogens is 398 g/mol. The first-order chi connectivity index (χ1) is 14.5. The molecule has 0 radical (unpaired) electrons. The maximum atomic E-state index is 12.8. The first-order valence-corrected chi connectivity index (χ1v) is 11.6. The quantitative estimate of drug-likeness (QED) is 0.591. The molecule has 6 nitrogen and oxygen atoms in total. The van der Waals surface area contributed by atoms with Crippen LogP contribution in [0.4, 0.5) is 0 Å². The third-order valence-corrected chi connectivity index (χ3v) is 6.92. The van der Waals surface area contributed by atoms with E-state index in [0.717, 1.165) is 29.5 Å². The lowest BCUT2D eigenvalue weighted by Crippen LogP contribution is -2.39. The van der Waals surface area contributed by atoms with Gasteiger partial charge in [0, 0.05) is 30.5 Å². The van der Waals surface area contributed by atoms with Crippen molar-refractivity contribution in [3.8, 4) is 11.4 Å². The highest BCUT2D eigenvalue weighted by atomic mass is 32.2. The van der Waals surface area contributed by atoms with Gasteiger partial charge in [-0.15, -0.1) is 0 Å². The van der Waals surface area contributed by atoms with Gasteiger partial charge in [0.2, 0.25) is 21.7 Å². The average Bonchev–Trinajstić information content (AvgIpc) is 3.22. The highest BCUT2D eigenvalue weighted by Gasteiger charge is 2.28. The minimum atomic E-state index is -3.46. The zero-order chi connectivity index (χ0) is 21.0. The van der Waals surface area contributed by atoms with E-state index in [2.05, 4.69) is 10.1 Å². The summed E-state index contributed by atoms with van der Waals surface area (Å²) in [6.07, 6.45) is 3.98. The summed E-state index contributed by atoms with van der Waals surface area (Å²) in [5, 5.41) is 5.41. The van der Waals surface area contributed by atoms with E-state index in [4.69, 9.17) is 4.52 Å². The van der Waals surface area contributed by atoms with E-state index in [0.29, 0.717) is 31.2 Å². The van der Waals surface area contributed by atoms with Crippen LogP contribution in [-0.4, -0.2) is 36.0 Å². The molecule has 0 spiro atoms. The van der Waals surface area contributed by atoms with Crippen LogP contribution in [0.3, 0.4) is 0 Å². The zero-order valence-electron chi connectivity index (χ0n) is 16.9. The van der Waals surface area contributed by atoms with Crippen LogP contribution in [0.25, 0.3) is 17.5 Å². The van der Waals surface area contributed by atoms with E-state index in [1.807, 2.05) is 61.5 Å². The molecule has 1 saturated heterocycles. The Morgan fingerprint density at radius 1 is 1.13 bits per heavy atom. The Morgan fingerprint density at radius 2 is 1.90 bits per heavy atom. The van der Waals surface area contributed by atoms with Gasteiger partial charge < -0.3 is 4.52 Å². The predicted octanol–water partition coefficient (Wildman–Crippen LogP) is 4.30. The molecule has 156 valence electrons. The Kier molecular flexibility index (Phi) is 6.11. The van der Waals surface area contributed by atoms with Gasteiger partial charge >= 0.3 is 0 Å². The first-order valence-electron chi connectivity index (χ1n) is 10.1. The predicted molar refractivity (Wildman–Crippen MR) is 117 cm³/mol. The van der Waals surface area contributed by atoms with Gasteiger partial charge in [-0.2, -0.15) is 9.29 Å². The van der Waals surface area contributed by atoms with Crippen molar-refractivity contribution in [1.82, 2.24) is 14.4 Å². The van der Waals surface area contributed by atoms with E-state index >= 15 is 0 Å². The van der Waals surface area contributed by atoms with Gasteiger partial charge in [0.15, 0.2) is 0 Å². The zero-order valence-corrected chi connectivity index (χ0v) is 17.8. The molecule has 1 fully saturated rings. The van der Waals surface area contributed by atoms with Crippen molar-refractivity contribution in [3.63, 3.8) is 0 Å². The third kappa shape index (κ3) is 4.86. The molecule has 0 aliphatic carbocycles. The number of benzene rings is 2. The molecule has 1 aliphatic heterocycles. The van der Waals surface area contributed by atoms with E-state index in [9.17, 15) is 8.42 Å². The molecule has 2 heterocycles. The Balaban J connectivity index is 1.42. The summed E-state index contributed by atoms with van der Waals surface area (Å²) < 4.78 is 32.6. The molecule has 7 heteroatoms. The Morgan fingerprint density at radius 3 is 2.70 bits per heavy atom. The molecule has 0 unspecified atom stereocenters. The smallest absolute Gasteiger partial charge is 0.236 e. The van der Waals surface area contributed by atoms with Crippen LogP contribution in [0.1, 0.15) is 29.9 Å². The largest absolute Gasteiger partial charge is 0.339 e. The normalized spacial score (nSPS) is 18.1. The van der Waals surface area contributed by atoms with E-state index in [1.54, 1.807) is 10.4 Å². The second-order valence-electron chi connectivity index (χ2n) is 7.66. The minimum absolute atomic E-state index is 0.156. The molecule has 0 saturated carbocycles. The molecule has 0 N–H and O–H groups in total. The molecular formula is C23H25N3O3S. The molecule has 0 bridgehead atoms. The number of hydrogen-bond acceptors (Lipinski definition) is 5. The molecule has 1 aromatic heterocycles. The van der Waals surface area contributed by atoms with Gasteiger partial charge in [0.05, 0.1) is 0 Å². The lowest BCUT2D eigenvalue weighted by Gasteiger charge is -2.30.